The maximum atomic E-state index is 12.7. The highest BCUT2D eigenvalue weighted by molar-refractivity contribution is 7.11. The fourth-order valence-corrected chi connectivity index (χ4v) is 3.47. The lowest BCUT2D eigenvalue weighted by molar-refractivity contribution is -0.145. The molecular weight excluding hydrogens is 315 g/mol. The van der Waals surface area contributed by atoms with Gasteiger partial charge < -0.3 is 4.98 Å². The summed E-state index contributed by atoms with van der Waals surface area (Å²) in [7, 11) is 0. The van der Waals surface area contributed by atoms with Gasteiger partial charge >= 0.3 is 6.18 Å². The first-order valence-corrected chi connectivity index (χ1v) is 7.61. The summed E-state index contributed by atoms with van der Waals surface area (Å²) in [4.78, 5) is 21.8. The van der Waals surface area contributed by atoms with Gasteiger partial charge in [-0.3, -0.25) is 9.69 Å². The summed E-state index contributed by atoms with van der Waals surface area (Å²) in [6.07, 6.45) is -4.27. The highest BCUT2D eigenvalue weighted by Gasteiger charge is 2.35. The van der Waals surface area contributed by atoms with Crippen LogP contribution in [0.25, 0.3) is 0 Å². The number of hydrogen-bond acceptors (Lipinski definition) is 4. The number of halogens is 3. The van der Waals surface area contributed by atoms with E-state index in [-0.39, 0.29) is 5.69 Å². The molecule has 0 radical (unpaired) electrons. The first kappa shape index (κ1) is 15.2. The molecule has 0 amide bonds. The zero-order chi connectivity index (χ0) is 15.9. The quantitative estimate of drug-likeness (QED) is 0.922. The van der Waals surface area contributed by atoms with Crippen LogP contribution < -0.4 is 5.56 Å². The van der Waals surface area contributed by atoms with Crippen molar-refractivity contribution in [2.24, 2.45) is 0 Å². The Morgan fingerprint density at radius 3 is 2.82 bits per heavy atom. The molecule has 0 unspecified atom stereocenters. The summed E-state index contributed by atoms with van der Waals surface area (Å²) in [6, 6.07) is 4.06. The number of aromatic nitrogens is 2. The smallest absolute Gasteiger partial charge is 0.303 e. The van der Waals surface area contributed by atoms with Gasteiger partial charge in [-0.25, -0.2) is 4.98 Å². The van der Waals surface area contributed by atoms with Crippen LogP contribution in [0.1, 0.15) is 26.8 Å². The van der Waals surface area contributed by atoms with E-state index >= 15 is 0 Å². The van der Waals surface area contributed by atoms with Crippen molar-refractivity contribution < 1.29 is 13.2 Å². The van der Waals surface area contributed by atoms with Crippen LogP contribution in [-0.4, -0.2) is 21.4 Å². The Bertz CT molecular complexity index is 751. The van der Waals surface area contributed by atoms with Crippen LogP contribution in [0, 0.1) is 6.92 Å². The molecule has 3 rings (SSSR count). The molecule has 3 heterocycles. The molecule has 118 valence electrons. The Labute approximate surface area is 128 Å². The van der Waals surface area contributed by atoms with Gasteiger partial charge in [-0.05, 0) is 19.1 Å². The van der Waals surface area contributed by atoms with Gasteiger partial charge in [0.05, 0.1) is 11.3 Å². The van der Waals surface area contributed by atoms with E-state index in [4.69, 9.17) is 0 Å². The summed E-state index contributed by atoms with van der Waals surface area (Å²) in [5.74, 6) is -1.21. The van der Waals surface area contributed by atoms with Crippen LogP contribution in [-0.2, 0) is 25.7 Å². The topological polar surface area (TPSA) is 49.0 Å². The lowest BCUT2D eigenvalue weighted by atomic mass is 10.1. The molecular formula is C14H14F3N3OS. The number of rotatable bonds is 2. The number of aryl methyl sites for hydroxylation is 1. The number of H-pyrrole nitrogens is 1. The molecule has 0 bridgehead atoms. The van der Waals surface area contributed by atoms with Crippen LogP contribution in [0.4, 0.5) is 13.2 Å². The third-order valence-electron chi connectivity index (χ3n) is 3.59. The minimum Gasteiger partial charge on any atom is -0.303 e. The fraction of sp³-hybridized carbons (Fsp3) is 0.429. The number of nitrogens with zero attached hydrogens (tertiary/aromatic N) is 2. The number of hydrogen-bond donors (Lipinski definition) is 1. The van der Waals surface area contributed by atoms with Crippen LogP contribution >= 0.6 is 11.3 Å². The van der Waals surface area contributed by atoms with E-state index in [2.05, 4.69) is 9.88 Å². The van der Waals surface area contributed by atoms with Crippen LogP contribution in [0.2, 0.25) is 0 Å². The summed E-state index contributed by atoms with van der Waals surface area (Å²) in [5, 5.41) is 0. The highest BCUT2D eigenvalue weighted by atomic mass is 32.1. The van der Waals surface area contributed by atoms with E-state index in [9.17, 15) is 18.0 Å². The number of aromatic amines is 1. The van der Waals surface area contributed by atoms with Crippen molar-refractivity contribution in [3.05, 3.63) is 49.3 Å². The summed E-state index contributed by atoms with van der Waals surface area (Å²) < 4.78 is 38.0. The molecule has 1 N–H and O–H groups in total. The third-order valence-corrected chi connectivity index (χ3v) is 4.58. The van der Waals surface area contributed by atoms with Crippen molar-refractivity contribution in [3.8, 4) is 0 Å². The average Bonchev–Trinajstić information content (AvgIpc) is 2.83. The normalized spacial score (nSPS) is 15.8. The number of thiophene rings is 1. The van der Waals surface area contributed by atoms with Gasteiger partial charge in [-0.2, -0.15) is 13.2 Å². The van der Waals surface area contributed by atoms with Crippen molar-refractivity contribution in [1.82, 2.24) is 14.9 Å². The summed E-state index contributed by atoms with van der Waals surface area (Å²) in [5.41, 5.74) is -0.0911. The third kappa shape index (κ3) is 3.07. The predicted molar refractivity (Wildman–Crippen MR) is 76.7 cm³/mol. The Morgan fingerprint density at radius 1 is 1.41 bits per heavy atom. The Hall–Kier alpha value is -1.67. The maximum absolute atomic E-state index is 12.7. The van der Waals surface area contributed by atoms with Crippen LogP contribution in [0.5, 0.6) is 0 Å². The van der Waals surface area contributed by atoms with Gasteiger partial charge in [-0.15, -0.1) is 11.3 Å². The molecule has 0 spiro atoms. The largest absolute Gasteiger partial charge is 0.449 e. The standard InChI is InChI=1S/C14H14F3N3OS/c1-8-2-3-9(22-8)6-20-5-4-11-10(7-20)12(21)19-13(18-11)14(15,16)17/h2-3H,4-7H2,1H3,(H,18,19,21). The van der Waals surface area contributed by atoms with Crippen molar-refractivity contribution in [3.63, 3.8) is 0 Å². The lowest BCUT2D eigenvalue weighted by Crippen LogP contribution is -2.36. The molecule has 2 aromatic heterocycles. The van der Waals surface area contributed by atoms with E-state index in [0.717, 1.165) is 0 Å². The molecule has 0 aliphatic carbocycles. The van der Waals surface area contributed by atoms with E-state index in [1.165, 1.54) is 9.75 Å². The Morgan fingerprint density at radius 2 is 2.18 bits per heavy atom. The number of alkyl halides is 3. The zero-order valence-corrected chi connectivity index (χ0v) is 12.6. The van der Waals surface area contributed by atoms with Gasteiger partial charge in [0, 0.05) is 35.8 Å². The minimum absolute atomic E-state index is 0.259. The SMILES string of the molecule is Cc1ccc(CN2CCc3nc(C(F)(F)F)[nH]c(=O)c3C2)s1. The van der Waals surface area contributed by atoms with Crippen molar-refractivity contribution in [1.29, 1.82) is 0 Å². The second-order valence-electron chi connectivity index (χ2n) is 5.31. The van der Waals surface area contributed by atoms with E-state index < -0.39 is 17.6 Å². The van der Waals surface area contributed by atoms with Crippen molar-refractivity contribution in [2.45, 2.75) is 32.6 Å². The highest BCUT2D eigenvalue weighted by Crippen LogP contribution is 2.27. The molecule has 1 aliphatic rings. The van der Waals surface area contributed by atoms with Gasteiger partial charge in [0.2, 0.25) is 5.82 Å². The monoisotopic (exact) mass is 329 g/mol. The molecule has 2 aromatic rings. The second kappa shape index (κ2) is 5.51. The molecule has 0 atom stereocenters. The summed E-state index contributed by atoms with van der Waals surface area (Å²) >= 11 is 1.68. The van der Waals surface area contributed by atoms with Crippen LogP contribution in [0.3, 0.4) is 0 Å². The first-order valence-electron chi connectivity index (χ1n) is 6.80. The molecule has 0 saturated heterocycles. The molecule has 0 aromatic carbocycles. The Kier molecular flexibility index (Phi) is 3.82. The lowest BCUT2D eigenvalue weighted by Gasteiger charge is -2.27. The fourth-order valence-electron chi connectivity index (χ4n) is 2.54. The van der Waals surface area contributed by atoms with E-state index in [0.29, 0.717) is 31.6 Å². The number of nitrogens with one attached hydrogen (secondary N) is 1. The average molecular weight is 329 g/mol. The van der Waals surface area contributed by atoms with Crippen molar-refractivity contribution >= 4 is 11.3 Å². The van der Waals surface area contributed by atoms with Crippen molar-refractivity contribution in [2.75, 3.05) is 6.54 Å². The molecule has 0 fully saturated rings. The zero-order valence-electron chi connectivity index (χ0n) is 11.8. The van der Waals surface area contributed by atoms with E-state index in [1.807, 2.05) is 24.0 Å². The molecule has 22 heavy (non-hydrogen) atoms. The summed E-state index contributed by atoms with van der Waals surface area (Å²) in [6.45, 7) is 3.63. The van der Waals surface area contributed by atoms with Gasteiger partial charge in [-0.1, -0.05) is 0 Å². The first-order chi connectivity index (χ1) is 10.3. The minimum atomic E-state index is -4.63. The number of fused-ring (bicyclic) bond motifs is 1. The molecule has 1 aliphatic heterocycles. The van der Waals surface area contributed by atoms with Gasteiger partial charge in [0.1, 0.15) is 0 Å². The van der Waals surface area contributed by atoms with E-state index in [1.54, 1.807) is 11.3 Å². The Balaban J connectivity index is 1.83. The maximum Gasteiger partial charge on any atom is 0.449 e. The van der Waals surface area contributed by atoms with Crippen LogP contribution in [0.15, 0.2) is 16.9 Å². The molecule has 4 nitrogen and oxygen atoms in total. The molecule has 0 saturated carbocycles. The van der Waals surface area contributed by atoms with Gasteiger partial charge in [0.15, 0.2) is 0 Å². The molecule has 8 heteroatoms. The van der Waals surface area contributed by atoms with Gasteiger partial charge in [0.25, 0.3) is 5.56 Å². The second-order valence-corrected chi connectivity index (χ2v) is 6.68. The predicted octanol–water partition coefficient (Wildman–Crippen LogP) is 2.72.